The summed E-state index contributed by atoms with van der Waals surface area (Å²) in [5.74, 6) is 0.732. The van der Waals surface area contributed by atoms with E-state index in [1.54, 1.807) is 0 Å². The Hall–Kier alpha value is -1.92. The van der Waals surface area contributed by atoms with Crippen LogP contribution in [0.4, 0.5) is 0 Å². The van der Waals surface area contributed by atoms with E-state index in [9.17, 15) is 4.79 Å². The first-order valence-electron chi connectivity index (χ1n) is 6.57. The molecule has 3 N–H and O–H groups in total. The van der Waals surface area contributed by atoms with Crippen molar-refractivity contribution in [2.24, 2.45) is 5.73 Å². The number of carbonyl (C=O) groups excluding carboxylic acids is 1. The van der Waals surface area contributed by atoms with Gasteiger partial charge in [0, 0.05) is 20.2 Å². The summed E-state index contributed by atoms with van der Waals surface area (Å²) in [6, 6.07) is 7.32. The van der Waals surface area contributed by atoms with Gasteiger partial charge in [-0.15, -0.1) is 0 Å². The Bertz CT molecular complexity index is 594. The average molecular weight is 276 g/mol. The Morgan fingerprint density at radius 1 is 1.50 bits per heavy atom. The molecule has 1 amide bonds. The molecule has 0 saturated heterocycles. The van der Waals surface area contributed by atoms with Crippen molar-refractivity contribution in [1.82, 2.24) is 14.9 Å². The van der Waals surface area contributed by atoms with Gasteiger partial charge < -0.3 is 20.4 Å². The van der Waals surface area contributed by atoms with Crippen LogP contribution in [0, 0.1) is 6.92 Å². The number of amides is 1. The summed E-state index contributed by atoms with van der Waals surface area (Å²) in [7, 11) is 1.52. The first-order chi connectivity index (χ1) is 9.63. The van der Waals surface area contributed by atoms with Gasteiger partial charge in [0.2, 0.25) is 5.91 Å². The summed E-state index contributed by atoms with van der Waals surface area (Å²) in [4.78, 5) is 16.1. The van der Waals surface area contributed by atoms with Crippen LogP contribution in [-0.2, 0) is 16.1 Å². The van der Waals surface area contributed by atoms with Gasteiger partial charge in [-0.1, -0.05) is 12.1 Å². The molecule has 0 spiro atoms. The Morgan fingerprint density at radius 3 is 3.00 bits per heavy atom. The van der Waals surface area contributed by atoms with Crippen molar-refractivity contribution in [1.29, 1.82) is 0 Å². The van der Waals surface area contributed by atoms with Crippen LogP contribution in [0.2, 0.25) is 0 Å². The second-order valence-electron chi connectivity index (χ2n) is 4.65. The molecule has 2 aromatic rings. The molecule has 0 aliphatic heterocycles. The second kappa shape index (κ2) is 6.49. The molecule has 0 bridgehead atoms. The average Bonchev–Trinajstić information content (AvgIpc) is 2.75. The minimum absolute atomic E-state index is 0.200. The van der Waals surface area contributed by atoms with Gasteiger partial charge >= 0.3 is 0 Å². The number of hydrogen-bond donors (Lipinski definition) is 2. The number of methoxy groups -OCH3 is 1. The quantitative estimate of drug-likeness (QED) is 0.802. The van der Waals surface area contributed by atoms with Crippen LogP contribution in [0.5, 0.6) is 0 Å². The fraction of sp³-hybridized carbons (Fsp3) is 0.429. The van der Waals surface area contributed by atoms with Crippen LogP contribution in [0.15, 0.2) is 24.3 Å². The first-order valence-corrected chi connectivity index (χ1v) is 6.57. The number of fused-ring (bicyclic) bond motifs is 1. The number of nitrogens with one attached hydrogen (secondary N) is 1. The number of para-hydroxylation sites is 2. The molecule has 0 aliphatic carbocycles. The van der Waals surface area contributed by atoms with E-state index in [0.29, 0.717) is 13.1 Å². The summed E-state index contributed by atoms with van der Waals surface area (Å²) in [5.41, 5.74) is 7.69. The van der Waals surface area contributed by atoms with E-state index >= 15 is 0 Å². The lowest BCUT2D eigenvalue weighted by Crippen LogP contribution is -2.44. The number of aromatic nitrogens is 2. The van der Waals surface area contributed by atoms with E-state index < -0.39 is 6.04 Å². The molecule has 6 heteroatoms. The van der Waals surface area contributed by atoms with E-state index in [-0.39, 0.29) is 12.5 Å². The monoisotopic (exact) mass is 276 g/mol. The van der Waals surface area contributed by atoms with E-state index in [1.807, 2.05) is 31.2 Å². The summed E-state index contributed by atoms with van der Waals surface area (Å²) >= 11 is 0. The largest absolute Gasteiger partial charge is 0.383 e. The Kier molecular flexibility index (Phi) is 4.70. The fourth-order valence-electron chi connectivity index (χ4n) is 2.16. The maximum Gasteiger partial charge on any atom is 0.239 e. The third kappa shape index (κ3) is 3.15. The Morgan fingerprint density at radius 2 is 2.25 bits per heavy atom. The minimum atomic E-state index is -0.624. The lowest BCUT2D eigenvalue weighted by molar-refractivity contribution is -0.123. The zero-order valence-corrected chi connectivity index (χ0v) is 11.8. The van der Waals surface area contributed by atoms with Crippen LogP contribution < -0.4 is 11.1 Å². The van der Waals surface area contributed by atoms with Gasteiger partial charge in [0.25, 0.3) is 0 Å². The highest BCUT2D eigenvalue weighted by atomic mass is 16.5. The van der Waals surface area contributed by atoms with Crippen LogP contribution in [0.25, 0.3) is 11.0 Å². The summed E-state index contributed by atoms with van der Waals surface area (Å²) < 4.78 is 6.93. The van der Waals surface area contributed by atoms with Gasteiger partial charge in [0.1, 0.15) is 11.9 Å². The van der Waals surface area contributed by atoms with E-state index in [0.717, 1.165) is 16.9 Å². The molecule has 0 fully saturated rings. The molecule has 1 atom stereocenters. The molecule has 1 aromatic carbocycles. The van der Waals surface area contributed by atoms with Crippen molar-refractivity contribution in [2.75, 3.05) is 20.3 Å². The van der Waals surface area contributed by atoms with Crippen LogP contribution in [0.3, 0.4) is 0 Å². The van der Waals surface area contributed by atoms with Crippen molar-refractivity contribution in [2.45, 2.75) is 19.5 Å². The van der Waals surface area contributed by atoms with Crippen LogP contribution in [-0.4, -0.2) is 41.8 Å². The van der Waals surface area contributed by atoms with Gasteiger partial charge in [-0.25, -0.2) is 4.98 Å². The Balaban J connectivity index is 1.96. The lowest BCUT2D eigenvalue weighted by Gasteiger charge is -2.12. The number of hydrogen-bond acceptors (Lipinski definition) is 4. The maximum absolute atomic E-state index is 11.7. The number of benzene rings is 1. The molecule has 2 rings (SSSR count). The standard InChI is InChI=1S/C14H20N4O2/c1-10-17-12-5-3-4-6-13(12)18(10)8-7-16-14(19)11(15)9-20-2/h3-6,11H,7-9,15H2,1-2H3,(H,16,19). The molecule has 0 radical (unpaired) electrons. The van der Waals surface area contributed by atoms with Gasteiger partial charge in [-0.05, 0) is 19.1 Å². The fourth-order valence-corrected chi connectivity index (χ4v) is 2.16. The van der Waals surface area contributed by atoms with Crippen molar-refractivity contribution in [3.63, 3.8) is 0 Å². The highest BCUT2D eigenvalue weighted by Gasteiger charge is 2.12. The number of rotatable bonds is 6. The van der Waals surface area contributed by atoms with Gasteiger partial charge in [-0.3, -0.25) is 4.79 Å². The molecule has 1 aromatic heterocycles. The SMILES string of the molecule is COCC(N)C(=O)NCCn1c(C)nc2ccccc21. The number of ether oxygens (including phenoxy) is 1. The molecule has 0 aliphatic rings. The Labute approximate surface area is 117 Å². The normalized spacial score (nSPS) is 12.6. The molecular weight excluding hydrogens is 256 g/mol. The molecule has 1 unspecified atom stereocenters. The maximum atomic E-state index is 11.7. The molecule has 6 nitrogen and oxygen atoms in total. The van der Waals surface area contributed by atoms with Crippen molar-refractivity contribution in [3.05, 3.63) is 30.1 Å². The van der Waals surface area contributed by atoms with Gasteiger partial charge in [-0.2, -0.15) is 0 Å². The van der Waals surface area contributed by atoms with E-state index in [1.165, 1.54) is 7.11 Å². The predicted molar refractivity (Wildman–Crippen MR) is 77.3 cm³/mol. The smallest absolute Gasteiger partial charge is 0.239 e. The molecule has 1 heterocycles. The second-order valence-corrected chi connectivity index (χ2v) is 4.65. The van der Waals surface area contributed by atoms with Crippen molar-refractivity contribution < 1.29 is 9.53 Å². The first kappa shape index (κ1) is 14.5. The van der Waals surface area contributed by atoms with E-state index in [4.69, 9.17) is 10.5 Å². The number of nitrogens with two attached hydrogens (primary N) is 1. The minimum Gasteiger partial charge on any atom is -0.383 e. The molecule has 20 heavy (non-hydrogen) atoms. The molecule has 0 saturated carbocycles. The lowest BCUT2D eigenvalue weighted by atomic mass is 10.3. The number of carbonyl (C=O) groups is 1. The van der Waals surface area contributed by atoms with Crippen LogP contribution >= 0.6 is 0 Å². The third-order valence-corrected chi connectivity index (χ3v) is 3.16. The summed E-state index contributed by atoms with van der Waals surface area (Å²) in [6.07, 6.45) is 0. The van der Waals surface area contributed by atoms with Gasteiger partial charge in [0.05, 0.1) is 17.6 Å². The summed E-state index contributed by atoms with van der Waals surface area (Å²) in [6.45, 7) is 3.35. The summed E-state index contributed by atoms with van der Waals surface area (Å²) in [5, 5.41) is 2.80. The van der Waals surface area contributed by atoms with Crippen molar-refractivity contribution in [3.8, 4) is 0 Å². The number of nitrogens with zero attached hydrogens (tertiary/aromatic N) is 2. The predicted octanol–water partition coefficient (Wildman–Crippen LogP) is 0.435. The molecular formula is C14H20N4O2. The topological polar surface area (TPSA) is 82.2 Å². The molecule has 108 valence electrons. The third-order valence-electron chi connectivity index (χ3n) is 3.16. The highest BCUT2D eigenvalue weighted by molar-refractivity contribution is 5.81. The zero-order valence-electron chi connectivity index (χ0n) is 11.8. The number of aryl methyl sites for hydroxylation is 1. The van der Waals surface area contributed by atoms with E-state index in [2.05, 4.69) is 14.9 Å². The van der Waals surface area contributed by atoms with Gasteiger partial charge in [0.15, 0.2) is 0 Å². The van der Waals surface area contributed by atoms with Crippen molar-refractivity contribution >= 4 is 16.9 Å². The highest BCUT2D eigenvalue weighted by Crippen LogP contribution is 2.14. The number of imidazole rings is 1. The van der Waals surface area contributed by atoms with Crippen LogP contribution in [0.1, 0.15) is 5.82 Å². The zero-order chi connectivity index (χ0) is 14.5.